The van der Waals surface area contributed by atoms with E-state index in [1.165, 1.54) is 9.80 Å². The first kappa shape index (κ1) is 22.8. The van der Waals surface area contributed by atoms with Gasteiger partial charge in [-0.05, 0) is 38.2 Å². The van der Waals surface area contributed by atoms with Crippen molar-refractivity contribution in [1.29, 1.82) is 0 Å². The Labute approximate surface area is 177 Å². The Morgan fingerprint density at radius 3 is 2.43 bits per heavy atom. The van der Waals surface area contributed by atoms with Crippen LogP contribution in [0, 0.1) is 0 Å². The molecule has 1 unspecified atom stereocenters. The van der Waals surface area contributed by atoms with Crippen LogP contribution in [0.5, 0.6) is 0 Å². The van der Waals surface area contributed by atoms with Gasteiger partial charge in [-0.3, -0.25) is 14.3 Å². The Morgan fingerprint density at radius 2 is 1.80 bits per heavy atom. The lowest BCUT2D eigenvalue weighted by atomic mass is 9.93. The first-order valence-corrected chi connectivity index (χ1v) is 12.3. The summed E-state index contributed by atoms with van der Waals surface area (Å²) in [7, 11) is -4.43. The zero-order valence-corrected chi connectivity index (χ0v) is 18.2. The highest BCUT2D eigenvalue weighted by Gasteiger charge is 2.44. The summed E-state index contributed by atoms with van der Waals surface area (Å²) in [5.74, 6) is -1.54. The number of amides is 2. The van der Waals surface area contributed by atoms with Crippen molar-refractivity contribution in [3.8, 4) is 0 Å². The maximum Gasteiger partial charge on any atom is 0.411 e. The van der Waals surface area contributed by atoms with E-state index in [2.05, 4.69) is 0 Å². The fraction of sp³-hybridized carbons (Fsp3) is 0.619. The van der Waals surface area contributed by atoms with Gasteiger partial charge in [0.1, 0.15) is 18.4 Å². The molecule has 2 N–H and O–H groups in total. The van der Waals surface area contributed by atoms with Crippen molar-refractivity contribution >= 4 is 19.6 Å². The minimum atomic E-state index is -4.43. The molecule has 1 aromatic rings. The molecule has 2 aliphatic rings. The van der Waals surface area contributed by atoms with Gasteiger partial charge in [0.15, 0.2) is 0 Å². The second-order valence-corrected chi connectivity index (χ2v) is 9.93. The topological polar surface area (TPSA) is 107 Å². The van der Waals surface area contributed by atoms with Gasteiger partial charge in [0.2, 0.25) is 5.91 Å². The molecular weight excluding hydrogens is 407 g/mol. The van der Waals surface area contributed by atoms with Crippen molar-refractivity contribution in [2.45, 2.75) is 76.3 Å². The number of hydrogen-bond acceptors (Lipinski definition) is 4. The van der Waals surface area contributed by atoms with E-state index in [1.807, 2.05) is 30.3 Å². The zero-order chi connectivity index (χ0) is 21.7. The van der Waals surface area contributed by atoms with E-state index < -0.39 is 31.4 Å². The molecule has 2 fully saturated rings. The minimum absolute atomic E-state index is 0.110. The molecule has 2 amide bonds. The number of hydrogen-bond donors (Lipinski definition) is 2. The molecule has 3 rings (SSSR count). The molecule has 1 aliphatic carbocycles. The monoisotopic (exact) mass is 438 g/mol. The SMILES string of the molecule is C[C@@H](C(=O)N1CCCC1P(=O)(O)O)N(C(=O)OCc1ccccc1)C1CCCCC1. The molecule has 0 bridgehead atoms. The number of benzene rings is 1. The van der Waals surface area contributed by atoms with E-state index in [9.17, 15) is 23.9 Å². The van der Waals surface area contributed by atoms with Gasteiger partial charge < -0.3 is 19.4 Å². The third-order valence-electron chi connectivity index (χ3n) is 6.05. The van der Waals surface area contributed by atoms with E-state index in [0.717, 1.165) is 37.7 Å². The summed E-state index contributed by atoms with van der Waals surface area (Å²) < 4.78 is 17.4. The summed E-state index contributed by atoms with van der Waals surface area (Å²) in [5.41, 5.74) is 0.856. The lowest BCUT2D eigenvalue weighted by Crippen LogP contribution is -2.54. The third-order valence-corrected chi connectivity index (χ3v) is 7.36. The van der Waals surface area contributed by atoms with Crippen LogP contribution in [-0.2, 0) is 20.7 Å². The highest BCUT2D eigenvalue weighted by Crippen LogP contribution is 2.48. The van der Waals surface area contributed by atoms with Gasteiger partial charge in [-0.1, -0.05) is 49.6 Å². The fourth-order valence-corrected chi connectivity index (χ4v) is 5.60. The summed E-state index contributed by atoms with van der Waals surface area (Å²) in [6, 6.07) is 8.38. The minimum Gasteiger partial charge on any atom is -0.445 e. The molecule has 30 heavy (non-hydrogen) atoms. The molecule has 1 aromatic carbocycles. The molecule has 0 aromatic heterocycles. The van der Waals surface area contributed by atoms with Crippen LogP contribution in [0.4, 0.5) is 4.79 Å². The smallest absolute Gasteiger partial charge is 0.411 e. The van der Waals surface area contributed by atoms with Crippen LogP contribution in [-0.4, -0.2) is 56.0 Å². The van der Waals surface area contributed by atoms with Gasteiger partial charge in [-0.25, -0.2) is 4.79 Å². The van der Waals surface area contributed by atoms with Crippen molar-refractivity contribution in [1.82, 2.24) is 9.80 Å². The number of likely N-dealkylation sites (tertiary alicyclic amines) is 1. The number of ether oxygens (including phenoxy) is 1. The maximum atomic E-state index is 13.2. The predicted molar refractivity (Wildman–Crippen MR) is 112 cm³/mol. The zero-order valence-electron chi connectivity index (χ0n) is 17.4. The first-order valence-electron chi connectivity index (χ1n) is 10.6. The van der Waals surface area contributed by atoms with Gasteiger partial charge >= 0.3 is 13.7 Å². The van der Waals surface area contributed by atoms with Crippen LogP contribution < -0.4 is 0 Å². The first-order chi connectivity index (χ1) is 14.3. The summed E-state index contributed by atoms with van der Waals surface area (Å²) in [6.45, 7) is 2.03. The summed E-state index contributed by atoms with van der Waals surface area (Å²) in [6.07, 6.45) is 4.88. The van der Waals surface area contributed by atoms with E-state index >= 15 is 0 Å². The van der Waals surface area contributed by atoms with Crippen molar-refractivity contribution in [3.63, 3.8) is 0 Å². The van der Waals surface area contributed by atoms with E-state index in [-0.39, 0.29) is 25.6 Å². The quantitative estimate of drug-likeness (QED) is 0.659. The van der Waals surface area contributed by atoms with Crippen molar-refractivity contribution < 1.29 is 28.7 Å². The Hall–Kier alpha value is -1.89. The number of nitrogens with zero attached hydrogens (tertiary/aromatic N) is 2. The van der Waals surface area contributed by atoms with Gasteiger partial charge in [-0.15, -0.1) is 0 Å². The molecule has 8 nitrogen and oxygen atoms in total. The second kappa shape index (κ2) is 9.94. The molecule has 2 atom stereocenters. The van der Waals surface area contributed by atoms with Gasteiger partial charge in [0.25, 0.3) is 0 Å². The van der Waals surface area contributed by atoms with Gasteiger partial charge in [0, 0.05) is 12.6 Å². The van der Waals surface area contributed by atoms with E-state index in [0.29, 0.717) is 6.42 Å². The van der Waals surface area contributed by atoms with Gasteiger partial charge in [-0.2, -0.15) is 0 Å². The number of carbonyl (C=O) groups is 2. The van der Waals surface area contributed by atoms with Crippen molar-refractivity contribution in [2.24, 2.45) is 0 Å². The second-order valence-electron chi connectivity index (χ2n) is 8.16. The molecule has 0 spiro atoms. The predicted octanol–water partition coefficient (Wildman–Crippen LogP) is 3.47. The van der Waals surface area contributed by atoms with E-state index in [1.54, 1.807) is 6.92 Å². The highest BCUT2D eigenvalue weighted by atomic mass is 31.2. The van der Waals surface area contributed by atoms with Crippen LogP contribution in [0.15, 0.2) is 30.3 Å². The molecule has 1 saturated carbocycles. The third kappa shape index (κ3) is 5.42. The van der Waals surface area contributed by atoms with Crippen LogP contribution in [0.25, 0.3) is 0 Å². The Balaban J connectivity index is 1.76. The molecule has 9 heteroatoms. The van der Waals surface area contributed by atoms with Gasteiger partial charge in [0.05, 0.1) is 0 Å². The number of rotatable bonds is 6. The highest BCUT2D eigenvalue weighted by molar-refractivity contribution is 7.52. The van der Waals surface area contributed by atoms with Crippen molar-refractivity contribution in [3.05, 3.63) is 35.9 Å². The Morgan fingerprint density at radius 1 is 1.13 bits per heavy atom. The maximum absolute atomic E-state index is 13.2. The van der Waals surface area contributed by atoms with Crippen molar-refractivity contribution in [2.75, 3.05) is 6.54 Å². The Kier molecular flexibility index (Phi) is 7.55. The molecule has 0 radical (unpaired) electrons. The van der Waals surface area contributed by atoms with Crippen LogP contribution >= 0.6 is 7.60 Å². The lowest BCUT2D eigenvalue weighted by molar-refractivity contribution is -0.137. The largest absolute Gasteiger partial charge is 0.445 e. The molecule has 1 aliphatic heterocycles. The normalized spacial score (nSPS) is 21.3. The molecular formula is C21H31N2O6P. The van der Waals surface area contributed by atoms with E-state index in [4.69, 9.17) is 4.74 Å². The average Bonchev–Trinajstić information content (AvgIpc) is 3.24. The summed E-state index contributed by atoms with van der Waals surface area (Å²) in [4.78, 5) is 48.3. The van der Waals surface area contributed by atoms with Crippen LogP contribution in [0.1, 0.15) is 57.4 Å². The lowest BCUT2D eigenvalue weighted by Gasteiger charge is -2.39. The summed E-state index contributed by atoms with van der Waals surface area (Å²) in [5, 5.41) is 0. The number of carbonyl (C=O) groups excluding carboxylic acids is 2. The molecule has 1 saturated heterocycles. The molecule has 166 valence electrons. The Bertz CT molecular complexity index is 777. The molecule has 1 heterocycles. The van der Waals surface area contributed by atoms with Crippen LogP contribution in [0.3, 0.4) is 0 Å². The fourth-order valence-electron chi connectivity index (χ4n) is 4.49. The average molecular weight is 438 g/mol. The standard InChI is InChI=1S/C21H31N2O6P/c1-16(20(24)22-14-8-13-19(22)30(26,27)28)23(18-11-6-3-7-12-18)21(25)29-15-17-9-4-2-5-10-17/h2,4-5,9-10,16,18-19H,3,6-8,11-15H2,1H3,(H2,26,27,28)/t16-,19?/m0/s1. The van der Waals surface area contributed by atoms with Crippen LogP contribution in [0.2, 0.25) is 0 Å². The summed E-state index contributed by atoms with van der Waals surface area (Å²) >= 11 is 0.